The van der Waals surface area contributed by atoms with Gasteiger partial charge in [0.1, 0.15) is 5.75 Å². The number of nitrogens with one attached hydrogen (secondary N) is 1. The van der Waals surface area contributed by atoms with E-state index in [1.54, 1.807) is 18.1 Å². The van der Waals surface area contributed by atoms with Crippen molar-refractivity contribution in [1.29, 1.82) is 0 Å². The number of carbonyl (C=O) groups is 2. The fourth-order valence-corrected chi connectivity index (χ4v) is 4.75. The van der Waals surface area contributed by atoms with Crippen LogP contribution in [0.4, 0.5) is 10.5 Å². The Hall–Kier alpha value is -2.23. The van der Waals surface area contributed by atoms with Crippen molar-refractivity contribution in [2.45, 2.75) is 38.3 Å². The fourth-order valence-electron chi connectivity index (χ4n) is 4.59. The van der Waals surface area contributed by atoms with Crippen LogP contribution in [0.15, 0.2) is 12.1 Å². The first-order valence-electron chi connectivity index (χ1n) is 11.5. The van der Waals surface area contributed by atoms with Gasteiger partial charge in [-0.1, -0.05) is 11.6 Å². The SMILES string of the molecule is CCOC(=O)N1CCC(CN2CCC(NC(=O)c3cc(Cl)c(N)cc3OC)C(OC)C2)CC1. The van der Waals surface area contributed by atoms with E-state index in [2.05, 4.69) is 10.2 Å². The third-order valence-electron chi connectivity index (χ3n) is 6.48. The molecule has 2 amide bonds. The molecular formula is C23H35ClN4O5. The lowest BCUT2D eigenvalue weighted by Gasteiger charge is -2.40. The number of halogens is 1. The molecule has 10 heteroatoms. The number of amides is 2. The summed E-state index contributed by atoms with van der Waals surface area (Å²) in [5.74, 6) is 0.649. The van der Waals surface area contributed by atoms with Crippen LogP contribution in [-0.4, -0.2) is 87.5 Å². The summed E-state index contributed by atoms with van der Waals surface area (Å²) in [6, 6.07) is 2.97. The summed E-state index contributed by atoms with van der Waals surface area (Å²) in [5, 5.41) is 3.40. The van der Waals surface area contributed by atoms with Gasteiger partial charge in [-0.2, -0.15) is 0 Å². The Balaban J connectivity index is 1.52. The smallest absolute Gasteiger partial charge is 0.409 e. The van der Waals surface area contributed by atoms with Crippen molar-refractivity contribution in [3.63, 3.8) is 0 Å². The van der Waals surface area contributed by atoms with Gasteiger partial charge in [-0.25, -0.2) is 4.79 Å². The van der Waals surface area contributed by atoms with Crippen molar-refractivity contribution in [2.75, 3.05) is 59.3 Å². The molecule has 2 aliphatic rings. The maximum absolute atomic E-state index is 12.9. The highest BCUT2D eigenvalue weighted by Crippen LogP contribution is 2.29. The number of nitrogens with zero attached hydrogens (tertiary/aromatic N) is 2. The molecule has 2 aliphatic heterocycles. The zero-order chi connectivity index (χ0) is 24.0. The molecule has 0 aromatic heterocycles. The van der Waals surface area contributed by atoms with Crippen LogP contribution in [0.5, 0.6) is 5.75 Å². The molecule has 0 radical (unpaired) electrons. The van der Waals surface area contributed by atoms with Crippen molar-refractivity contribution >= 4 is 29.3 Å². The summed E-state index contributed by atoms with van der Waals surface area (Å²) in [7, 11) is 3.17. The standard InChI is InChI=1S/C23H35ClN4O5/c1-4-33-23(30)28-9-5-15(6-10-28)13-27-8-7-19(21(14-27)32-3)26-22(29)16-11-17(24)18(25)12-20(16)31-2/h11-12,15,19,21H,4-10,13-14,25H2,1-3H3,(H,26,29). The van der Waals surface area contributed by atoms with Gasteiger partial charge in [0.15, 0.2) is 0 Å². The van der Waals surface area contributed by atoms with Gasteiger partial charge in [0, 0.05) is 45.9 Å². The highest BCUT2D eigenvalue weighted by atomic mass is 35.5. The van der Waals surface area contributed by atoms with Crippen LogP contribution < -0.4 is 15.8 Å². The van der Waals surface area contributed by atoms with Crippen molar-refractivity contribution in [3.8, 4) is 5.75 Å². The van der Waals surface area contributed by atoms with Gasteiger partial charge < -0.3 is 35.1 Å². The van der Waals surface area contributed by atoms with Gasteiger partial charge in [0.2, 0.25) is 0 Å². The number of hydrogen-bond donors (Lipinski definition) is 2. The summed E-state index contributed by atoms with van der Waals surface area (Å²) >= 11 is 6.12. The van der Waals surface area contributed by atoms with Gasteiger partial charge in [0.25, 0.3) is 5.91 Å². The molecule has 2 unspecified atom stereocenters. The number of ether oxygens (including phenoxy) is 3. The maximum atomic E-state index is 12.9. The Kier molecular flexibility index (Phi) is 9.05. The van der Waals surface area contributed by atoms with Crippen molar-refractivity contribution in [2.24, 2.45) is 5.92 Å². The average molecular weight is 483 g/mol. The quantitative estimate of drug-likeness (QED) is 0.575. The molecule has 0 aliphatic carbocycles. The molecule has 3 rings (SSSR count). The molecule has 2 atom stereocenters. The molecule has 33 heavy (non-hydrogen) atoms. The molecule has 0 spiro atoms. The topological polar surface area (TPSA) is 106 Å². The van der Waals surface area contributed by atoms with Gasteiger partial charge in [-0.15, -0.1) is 0 Å². The summed E-state index contributed by atoms with van der Waals surface area (Å²) in [6.45, 7) is 6.25. The molecule has 0 bridgehead atoms. The molecule has 3 N–H and O–H groups in total. The predicted octanol–water partition coefficient (Wildman–Crippen LogP) is 2.62. The van der Waals surface area contributed by atoms with E-state index in [4.69, 9.17) is 31.5 Å². The van der Waals surface area contributed by atoms with E-state index in [0.717, 1.165) is 52.0 Å². The fraction of sp³-hybridized carbons (Fsp3) is 0.652. The number of nitrogens with two attached hydrogens (primary N) is 1. The zero-order valence-electron chi connectivity index (χ0n) is 19.6. The third-order valence-corrected chi connectivity index (χ3v) is 6.81. The lowest BCUT2D eigenvalue weighted by atomic mass is 9.94. The normalized spacial score (nSPS) is 22.1. The van der Waals surface area contributed by atoms with E-state index in [9.17, 15) is 9.59 Å². The number of likely N-dealkylation sites (tertiary alicyclic amines) is 2. The third kappa shape index (κ3) is 6.43. The molecule has 1 aromatic rings. The van der Waals surface area contributed by atoms with Crippen LogP contribution in [0.2, 0.25) is 5.02 Å². The number of carbonyl (C=O) groups excluding carboxylic acids is 2. The molecular weight excluding hydrogens is 448 g/mol. The second-order valence-corrected chi connectivity index (χ2v) is 9.01. The van der Waals surface area contributed by atoms with Gasteiger partial charge in [0.05, 0.1) is 42.1 Å². The minimum Gasteiger partial charge on any atom is -0.496 e. The van der Waals surface area contributed by atoms with E-state index in [1.807, 2.05) is 6.92 Å². The number of hydrogen-bond acceptors (Lipinski definition) is 7. The van der Waals surface area contributed by atoms with Crippen LogP contribution in [-0.2, 0) is 9.47 Å². The lowest BCUT2D eigenvalue weighted by Crippen LogP contribution is -2.55. The first kappa shape index (κ1) is 25.4. The molecule has 0 saturated carbocycles. The zero-order valence-corrected chi connectivity index (χ0v) is 20.4. The van der Waals surface area contributed by atoms with Gasteiger partial charge >= 0.3 is 6.09 Å². The summed E-state index contributed by atoms with van der Waals surface area (Å²) in [4.78, 5) is 29.0. The Labute approximate surface area is 200 Å². The van der Waals surface area contributed by atoms with E-state index in [1.165, 1.54) is 13.2 Å². The minimum absolute atomic E-state index is 0.120. The van der Waals surface area contributed by atoms with Gasteiger partial charge in [-0.05, 0) is 38.2 Å². The summed E-state index contributed by atoms with van der Waals surface area (Å²) in [6.07, 6.45) is 2.36. The monoisotopic (exact) mass is 482 g/mol. The summed E-state index contributed by atoms with van der Waals surface area (Å²) in [5.41, 5.74) is 6.54. The van der Waals surface area contributed by atoms with E-state index >= 15 is 0 Å². The Morgan fingerprint density at radius 1 is 1.18 bits per heavy atom. The lowest BCUT2D eigenvalue weighted by molar-refractivity contribution is -0.00137. The highest BCUT2D eigenvalue weighted by molar-refractivity contribution is 6.33. The number of anilines is 1. The number of nitrogen functional groups attached to an aromatic ring is 1. The molecule has 2 saturated heterocycles. The average Bonchev–Trinajstić information content (AvgIpc) is 2.82. The van der Waals surface area contributed by atoms with Crippen molar-refractivity contribution in [3.05, 3.63) is 22.7 Å². The number of benzene rings is 1. The molecule has 9 nitrogen and oxygen atoms in total. The predicted molar refractivity (Wildman–Crippen MR) is 127 cm³/mol. The highest BCUT2D eigenvalue weighted by Gasteiger charge is 2.33. The maximum Gasteiger partial charge on any atom is 0.409 e. The van der Waals surface area contributed by atoms with Crippen molar-refractivity contribution in [1.82, 2.24) is 15.1 Å². The molecule has 1 aromatic carbocycles. The number of methoxy groups -OCH3 is 2. The number of rotatable bonds is 7. The second-order valence-electron chi connectivity index (χ2n) is 8.61. The van der Waals surface area contributed by atoms with Crippen LogP contribution in [0.3, 0.4) is 0 Å². The number of piperidine rings is 2. The minimum atomic E-state index is -0.263. The first-order chi connectivity index (χ1) is 15.9. The van der Waals surface area contributed by atoms with E-state index < -0.39 is 0 Å². The van der Waals surface area contributed by atoms with Gasteiger partial charge in [-0.3, -0.25) is 4.79 Å². The Morgan fingerprint density at radius 2 is 1.91 bits per heavy atom. The van der Waals surface area contributed by atoms with E-state index in [0.29, 0.717) is 34.5 Å². The van der Waals surface area contributed by atoms with Crippen LogP contribution in [0.1, 0.15) is 36.5 Å². The van der Waals surface area contributed by atoms with Crippen LogP contribution in [0, 0.1) is 5.92 Å². The Morgan fingerprint density at radius 3 is 2.55 bits per heavy atom. The molecule has 184 valence electrons. The van der Waals surface area contributed by atoms with Crippen LogP contribution in [0.25, 0.3) is 0 Å². The molecule has 2 heterocycles. The summed E-state index contributed by atoms with van der Waals surface area (Å²) < 4.78 is 16.1. The first-order valence-corrected chi connectivity index (χ1v) is 11.8. The van der Waals surface area contributed by atoms with Crippen LogP contribution >= 0.6 is 11.6 Å². The molecule has 2 fully saturated rings. The Bertz CT molecular complexity index is 831. The second kappa shape index (κ2) is 11.8. The van der Waals surface area contributed by atoms with E-state index in [-0.39, 0.29) is 24.1 Å². The van der Waals surface area contributed by atoms with Crippen molar-refractivity contribution < 1.29 is 23.8 Å². The largest absolute Gasteiger partial charge is 0.496 e.